The first-order chi connectivity index (χ1) is 10.9. The molecule has 0 fully saturated rings. The van der Waals surface area contributed by atoms with Crippen molar-refractivity contribution in [1.82, 2.24) is 5.43 Å². The van der Waals surface area contributed by atoms with Gasteiger partial charge in [0.05, 0.1) is 10.6 Å². The van der Waals surface area contributed by atoms with Crippen molar-refractivity contribution in [2.45, 2.75) is 20.8 Å². The Morgan fingerprint density at radius 2 is 1.83 bits per heavy atom. The van der Waals surface area contributed by atoms with Gasteiger partial charge in [0.1, 0.15) is 5.56 Å². The van der Waals surface area contributed by atoms with Crippen LogP contribution in [0.15, 0.2) is 47.6 Å². The smallest absolute Gasteiger partial charge is 0.267 e. The largest absolute Gasteiger partial charge is 0.282 e. The molecule has 0 unspecified atom stereocenters. The van der Waals surface area contributed by atoms with Gasteiger partial charge in [-0.1, -0.05) is 35.9 Å². The Morgan fingerprint density at radius 3 is 2.48 bits per heavy atom. The van der Waals surface area contributed by atoms with Crippen LogP contribution in [0.25, 0.3) is 0 Å². The number of carbonyl (C=O) groups is 1. The molecule has 0 heterocycles. The minimum absolute atomic E-state index is 0.0188. The number of para-hydroxylation sites is 1. The second-order valence-corrected chi connectivity index (χ2v) is 5.23. The summed E-state index contributed by atoms with van der Waals surface area (Å²) in [5.74, 6) is -0.610. The molecule has 0 saturated heterocycles. The van der Waals surface area contributed by atoms with Gasteiger partial charge in [0, 0.05) is 11.6 Å². The van der Waals surface area contributed by atoms with Crippen LogP contribution in [-0.2, 0) is 0 Å². The first kappa shape index (κ1) is 16.4. The highest BCUT2D eigenvalue weighted by Crippen LogP contribution is 2.17. The number of aryl methyl sites for hydroxylation is 2. The van der Waals surface area contributed by atoms with Crippen LogP contribution in [0.2, 0.25) is 0 Å². The number of rotatable bonds is 4. The lowest BCUT2D eigenvalue weighted by molar-refractivity contribution is -0.385. The summed E-state index contributed by atoms with van der Waals surface area (Å²) in [5, 5.41) is 15.0. The zero-order valence-corrected chi connectivity index (χ0v) is 13.2. The van der Waals surface area contributed by atoms with Gasteiger partial charge in [-0.2, -0.15) is 5.10 Å². The van der Waals surface area contributed by atoms with E-state index in [-0.39, 0.29) is 11.3 Å². The molecule has 6 heteroatoms. The molecule has 2 aromatic carbocycles. The van der Waals surface area contributed by atoms with Crippen LogP contribution < -0.4 is 5.43 Å². The quantitative estimate of drug-likeness (QED) is 0.533. The third-order valence-electron chi connectivity index (χ3n) is 3.44. The molecule has 0 bridgehead atoms. The molecular weight excluding hydrogens is 294 g/mol. The number of hydrogen-bond acceptors (Lipinski definition) is 4. The Balaban J connectivity index is 2.22. The van der Waals surface area contributed by atoms with Crippen LogP contribution in [0.5, 0.6) is 0 Å². The molecule has 1 amide bonds. The summed E-state index contributed by atoms with van der Waals surface area (Å²) in [6.45, 7) is 5.74. The minimum Gasteiger partial charge on any atom is -0.267 e. The van der Waals surface area contributed by atoms with E-state index in [9.17, 15) is 14.9 Å². The van der Waals surface area contributed by atoms with E-state index >= 15 is 0 Å². The number of hydrogen-bond donors (Lipinski definition) is 1. The molecule has 23 heavy (non-hydrogen) atoms. The van der Waals surface area contributed by atoms with Crippen molar-refractivity contribution in [2.24, 2.45) is 5.10 Å². The van der Waals surface area contributed by atoms with E-state index in [2.05, 4.69) is 10.5 Å². The lowest BCUT2D eigenvalue weighted by Gasteiger charge is -2.07. The Kier molecular flexibility index (Phi) is 4.85. The van der Waals surface area contributed by atoms with Gasteiger partial charge in [0.2, 0.25) is 0 Å². The fraction of sp³-hybridized carbons (Fsp3) is 0.176. The van der Waals surface area contributed by atoms with Gasteiger partial charge in [0.25, 0.3) is 11.6 Å². The Labute approximate surface area is 134 Å². The van der Waals surface area contributed by atoms with Gasteiger partial charge in [-0.25, -0.2) is 5.43 Å². The summed E-state index contributed by atoms with van der Waals surface area (Å²) < 4.78 is 0. The number of nitro benzene ring substituents is 1. The highest BCUT2D eigenvalue weighted by Gasteiger charge is 2.18. The molecule has 0 aromatic heterocycles. The van der Waals surface area contributed by atoms with Crippen molar-refractivity contribution in [3.63, 3.8) is 0 Å². The molecule has 0 aliphatic heterocycles. The van der Waals surface area contributed by atoms with E-state index in [0.717, 1.165) is 16.7 Å². The third-order valence-corrected chi connectivity index (χ3v) is 3.44. The molecule has 0 spiro atoms. The van der Waals surface area contributed by atoms with Gasteiger partial charge in [-0.05, 0) is 32.4 Å². The van der Waals surface area contributed by atoms with Crippen LogP contribution in [0.4, 0.5) is 5.69 Å². The van der Waals surface area contributed by atoms with E-state index in [1.807, 2.05) is 32.0 Å². The maximum Gasteiger partial charge on any atom is 0.282 e. The van der Waals surface area contributed by atoms with Crippen molar-refractivity contribution >= 4 is 17.3 Å². The average Bonchev–Trinajstić information content (AvgIpc) is 2.52. The molecule has 2 rings (SSSR count). The number of nitro groups is 1. The Bertz CT molecular complexity index is 797. The molecule has 2 aromatic rings. The van der Waals surface area contributed by atoms with Crippen molar-refractivity contribution < 1.29 is 9.72 Å². The van der Waals surface area contributed by atoms with Crippen LogP contribution in [0, 0.1) is 24.0 Å². The number of carbonyl (C=O) groups excluding carboxylic acids is 1. The summed E-state index contributed by atoms with van der Waals surface area (Å²) in [7, 11) is 0. The monoisotopic (exact) mass is 311 g/mol. The molecule has 0 aliphatic carbocycles. The number of nitrogens with zero attached hydrogens (tertiary/aromatic N) is 2. The SMILES string of the molecule is CC(=NNC(=O)c1ccccc1[N+](=O)[O-])c1ccc(C)cc1C. The van der Waals surface area contributed by atoms with E-state index in [0.29, 0.717) is 5.71 Å². The summed E-state index contributed by atoms with van der Waals surface area (Å²) in [5.41, 5.74) is 5.85. The van der Waals surface area contributed by atoms with E-state index in [1.165, 1.54) is 18.2 Å². The molecule has 0 atom stereocenters. The minimum atomic E-state index is -0.610. The lowest BCUT2D eigenvalue weighted by Crippen LogP contribution is -2.20. The molecule has 6 nitrogen and oxygen atoms in total. The second kappa shape index (κ2) is 6.83. The number of hydrazone groups is 1. The van der Waals surface area contributed by atoms with Gasteiger partial charge >= 0.3 is 0 Å². The van der Waals surface area contributed by atoms with Gasteiger partial charge in [-0.15, -0.1) is 0 Å². The fourth-order valence-electron chi connectivity index (χ4n) is 2.30. The summed E-state index contributed by atoms with van der Waals surface area (Å²) >= 11 is 0. The summed E-state index contributed by atoms with van der Waals surface area (Å²) in [6.07, 6.45) is 0. The molecule has 1 N–H and O–H groups in total. The highest BCUT2D eigenvalue weighted by atomic mass is 16.6. The predicted molar refractivity (Wildman–Crippen MR) is 88.7 cm³/mol. The van der Waals surface area contributed by atoms with Gasteiger partial charge < -0.3 is 0 Å². The third kappa shape index (κ3) is 3.79. The lowest BCUT2D eigenvalue weighted by atomic mass is 10.0. The maximum absolute atomic E-state index is 12.1. The maximum atomic E-state index is 12.1. The van der Waals surface area contributed by atoms with Crippen molar-refractivity contribution in [2.75, 3.05) is 0 Å². The number of amides is 1. The second-order valence-electron chi connectivity index (χ2n) is 5.23. The molecule has 0 saturated carbocycles. The van der Waals surface area contributed by atoms with Crippen molar-refractivity contribution in [3.8, 4) is 0 Å². The van der Waals surface area contributed by atoms with Gasteiger partial charge in [0.15, 0.2) is 0 Å². The predicted octanol–water partition coefficient (Wildman–Crippen LogP) is 3.37. The topological polar surface area (TPSA) is 84.6 Å². The number of benzene rings is 2. The highest BCUT2D eigenvalue weighted by molar-refractivity contribution is 6.02. The first-order valence-electron chi connectivity index (χ1n) is 7.06. The summed E-state index contributed by atoms with van der Waals surface area (Å²) in [4.78, 5) is 22.5. The van der Waals surface area contributed by atoms with E-state index < -0.39 is 10.8 Å². The first-order valence-corrected chi connectivity index (χ1v) is 7.06. The number of nitrogens with one attached hydrogen (secondary N) is 1. The fourth-order valence-corrected chi connectivity index (χ4v) is 2.30. The zero-order chi connectivity index (χ0) is 17.0. The summed E-state index contributed by atoms with van der Waals surface area (Å²) in [6, 6.07) is 11.7. The molecular formula is C17H17N3O3. The normalized spacial score (nSPS) is 11.2. The molecule has 0 aliphatic rings. The van der Waals surface area contributed by atoms with Crippen LogP contribution >= 0.6 is 0 Å². The van der Waals surface area contributed by atoms with Crippen LogP contribution in [0.1, 0.15) is 34.0 Å². The van der Waals surface area contributed by atoms with Crippen molar-refractivity contribution in [1.29, 1.82) is 0 Å². The van der Waals surface area contributed by atoms with E-state index in [4.69, 9.17) is 0 Å². The zero-order valence-electron chi connectivity index (χ0n) is 13.2. The van der Waals surface area contributed by atoms with Crippen LogP contribution in [-0.4, -0.2) is 16.5 Å². The standard InChI is InChI=1S/C17H17N3O3/c1-11-8-9-14(12(2)10-11)13(3)18-19-17(21)15-6-4-5-7-16(15)20(22)23/h4-10H,1-3H3,(H,19,21). The van der Waals surface area contributed by atoms with Crippen molar-refractivity contribution in [3.05, 3.63) is 74.8 Å². The Morgan fingerprint density at radius 1 is 1.13 bits per heavy atom. The van der Waals surface area contributed by atoms with Gasteiger partial charge in [-0.3, -0.25) is 14.9 Å². The molecule has 0 radical (unpaired) electrons. The molecule has 118 valence electrons. The van der Waals surface area contributed by atoms with Crippen LogP contribution in [0.3, 0.4) is 0 Å². The van der Waals surface area contributed by atoms with E-state index in [1.54, 1.807) is 13.0 Å². The Hall–Kier alpha value is -3.02. The average molecular weight is 311 g/mol.